The van der Waals surface area contributed by atoms with E-state index in [0.29, 0.717) is 0 Å². The Labute approximate surface area is 120 Å². The zero-order valence-corrected chi connectivity index (χ0v) is 12.2. The molecule has 1 aromatic rings. The van der Waals surface area contributed by atoms with E-state index in [-0.39, 0.29) is 12.5 Å². The van der Waals surface area contributed by atoms with E-state index in [0.717, 1.165) is 17.0 Å². The van der Waals surface area contributed by atoms with Crippen LogP contribution in [0.25, 0.3) is 0 Å². The maximum Gasteiger partial charge on any atom is 0.314 e. The third-order valence-electron chi connectivity index (χ3n) is 3.06. The molecule has 0 saturated carbocycles. The molecule has 0 aliphatic carbocycles. The lowest BCUT2D eigenvalue weighted by Gasteiger charge is -2.13. The molecule has 0 aliphatic heterocycles. The zero-order valence-electron chi connectivity index (χ0n) is 12.2. The molecule has 0 unspecified atom stereocenters. The highest BCUT2D eigenvalue weighted by Crippen LogP contribution is 2.12. The van der Waals surface area contributed by atoms with Crippen LogP contribution in [-0.4, -0.2) is 30.4 Å². The molecule has 0 saturated heterocycles. The molecule has 0 radical (unpaired) electrons. The van der Waals surface area contributed by atoms with Crippen molar-refractivity contribution in [3.63, 3.8) is 0 Å². The predicted molar refractivity (Wildman–Crippen MR) is 80.5 cm³/mol. The SMILES string of the molecule is CCCCCc1ccc(NC(=O)CN(C)C(N)=O)cc1. The van der Waals surface area contributed by atoms with Gasteiger partial charge < -0.3 is 16.0 Å². The third-order valence-corrected chi connectivity index (χ3v) is 3.06. The van der Waals surface area contributed by atoms with Gasteiger partial charge in [0, 0.05) is 12.7 Å². The van der Waals surface area contributed by atoms with Gasteiger partial charge in [-0.15, -0.1) is 0 Å². The van der Waals surface area contributed by atoms with Gasteiger partial charge in [0.2, 0.25) is 5.91 Å². The Hall–Kier alpha value is -2.04. The van der Waals surface area contributed by atoms with Crippen LogP contribution >= 0.6 is 0 Å². The number of amides is 3. The molecule has 0 atom stereocenters. The van der Waals surface area contributed by atoms with Crippen LogP contribution in [0.15, 0.2) is 24.3 Å². The van der Waals surface area contributed by atoms with Crippen LogP contribution < -0.4 is 11.1 Å². The van der Waals surface area contributed by atoms with Gasteiger partial charge in [-0.3, -0.25) is 4.79 Å². The minimum Gasteiger partial charge on any atom is -0.351 e. The lowest BCUT2D eigenvalue weighted by atomic mass is 10.1. The average molecular weight is 277 g/mol. The molecule has 5 nitrogen and oxygen atoms in total. The van der Waals surface area contributed by atoms with Gasteiger partial charge in [-0.05, 0) is 30.5 Å². The first-order valence-corrected chi connectivity index (χ1v) is 6.92. The molecule has 3 amide bonds. The largest absolute Gasteiger partial charge is 0.351 e. The minimum absolute atomic E-state index is 0.0480. The lowest BCUT2D eigenvalue weighted by molar-refractivity contribution is -0.116. The van der Waals surface area contributed by atoms with E-state index in [2.05, 4.69) is 12.2 Å². The number of nitrogens with zero attached hydrogens (tertiary/aromatic N) is 1. The van der Waals surface area contributed by atoms with Crippen LogP contribution in [0.3, 0.4) is 0 Å². The summed E-state index contributed by atoms with van der Waals surface area (Å²) in [6.45, 7) is 2.13. The fraction of sp³-hybridized carbons (Fsp3) is 0.467. The summed E-state index contributed by atoms with van der Waals surface area (Å²) in [6.07, 6.45) is 4.69. The Bertz CT molecular complexity index is 443. The second-order valence-corrected chi connectivity index (χ2v) is 4.90. The number of rotatable bonds is 7. The number of hydrogen-bond donors (Lipinski definition) is 2. The topological polar surface area (TPSA) is 75.4 Å². The monoisotopic (exact) mass is 277 g/mol. The van der Waals surface area contributed by atoms with Crippen molar-refractivity contribution in [3.8, 4) is 0 Å². The molecule has 0 bridgehead atoms. The van der Waals surface area contributed by atoms with Crippen LogP contribution in [0.1, 0.15) is 31.7 Å². The van der Waals surface area contributed by atoms with Gasteiger partial charge in [-0.2, -0.15) is 0 Å². The smallest absolute Gasteiger partial charge is 0.314 e. The van der Waals surface area contributed by atoms with Crippen LogP contribution in [-0.2, 0) is 11.2 Å². The van der Waals surface area contributed by atoms with Crippen molar-refractivity contribution >= 4 is 17.6 Å². The van der Waals surface area contributed by atoms with Crippen molar-refractivity contribution in [2.75, 3.05) is 18.9 Å². The molecule has 3 N–H and O–H groups in total. The second kappa shape index (κ2) is 8.19. The molecule has 1 rings (SSSR count). The second-order valence-electron chi connectivity index (χ2n) is 4.90. The maximum absolute atomic E-state index is 11.7. The number of benzene rings is 1. The van der Waals surface area contributed by atoms with Crippen molar-refractivity contribution in [2.24, 2.45) is 5.73 Å². The highest BCUT2D eigenvalue weighted by molar-refractivity contribution is 5.94. The number of primary amides is 1. The molecular weight excluding hydrogens is 254 g/mol. The summed E-state index contributed by atoms with van der Waals surface area (Å²) in [7, 11) is 1.48. The van der Waals surface area contributed by atoms with Crippen molar-refractivity contribution in [1.82, 2.24) is 4.90 Å². The molecule has 0 heterocycles. The summed E-state index contributed by atoms with van der Waals surface area (Å²) in [4.78, 5) is 23.6. The minimum atomic E-state index is -0.619. The summed E-state index contributed by atoms with van der Waals surface area (Å²) >= 11 is 0. The number of carbonyl (C=O) groups is 2. The summed E-state index contributed by atoms with van der Waals surface area (Å²) < 4.78 is 0. The highest BCUT2D eigenvalue weighted by Gasteiger charge is 2.09. The van der Waals surface area contributed by atoms with Gasteiger partial charge in [0.25, 0.3) is 0 Å². The van der Waals surface area contributed by atoms with E-state index >= 15 is 0 Å². The summed E-state index contributed by atoms with van der Waals surface area (Å²) in [6, 6.07) is 7.17. The van der Waals surface area contributed by atoms with Gasteiger partial charge in [0.15, 0.2) is 0 Å². The molecule has 110 valence electrons. The Kier molecular flexibility index (Phi) is 6.56. The van der Waals surface area contributed by atoms with Crippen LogP contribution in [0, 0.1) is 0 Å². The fourth-order valence-corrected chi connectivity index (χ4v) is 1.83. The normalized spacial score (nSPS) is 10.1. The van der Waals surface area contributed by atoms with Crippen molar-refractivity contribution in [2.45, 2.75) is 32.6 Å². The van der Waals surface area contributed by atoms with Crippen LogP contribution in [0.2, 0.25) is 0 Å². The Morgan fingerprint density at radius 3 is 2.40 bits per heavy atom. The molecular formula is C15H23N3O2. The first-order chi connectivity index (χ1) is 9.52. The van der Waals surface area contributed by atoms with E-state index in [1.807, 2.05) is 24.3 Å². The molecule has 1 aromatic carbocycles. The molecule has 0 fully saturated rings. The number of hydrogen-bond acceptors (Lipinski definition) is 2. The van der Waals surface area contributed by atoms with E-state index in [4.69, 9.17) is 5.73 Å². The quantitative estimate of drug-likeness (QED) is 0.751. The Morgan fingerprint density at radius 1 is 1.20 bits per heavy atom. The molecule has 5 heteroatoms. The number of likely N-dealkylation sites (N-methyl/N-ethyl adjacent to an activating group) is 1. The van der Waals surface area contributed by atoms with Crippen molar-refractivity contribution in [3.05, 3.63) is 29.8 Å². The number of nitrogens with two attached hydrogens (primary N) is 1. The lowest BCUT2D eigenvalue weighted by Crippen LogP contribution is -2.38. The molecule has 0 spiro atoms. The first kappa shape index (κ1) is 16.0. The highest BCUT2D eigenvalue weighted by atomic mass is 16.2. The van der Waals surface area contributed by atoms with Gasteiger partial charge in [0.1, 0.15) is 6.54 Å². The van der Waals surface area contributed by atoms with E-state index < -0.39 is 6.03 Å². The summed E-state index contributed by atoms with van der Waals surface area (Å²) in [5.41, 5.74) is 7.06. The Balaban J connectivity index is 2.44. The number of anilines is 1. The zero-order chi connectivity index (χ0) is 15.0. The fourth-order valence-electron chi connectivity index (χ4n) is 1.83. The number of aryl methyl sites for hydroxylation is 1. The van der Waals surface area contributed by atoms with Crippen molar-refractivity contribution < 1.29 is 9.59 Å². The summed E-state index contributed by atoms with van der Waals surface area (Å²) in [5, 5.41) is 2.73. The van der Waals surface area contributed by atoms with Gasteiger partial charge >= 0.3 is 6.03 Å². The standard InChI is InChI=1S/C15H23N3O2/c1-3-4-5-6-12-7-9-13(10-8-12)17-14(19)11-18(2)15(16)20/h7-10H,3-6,11H2,1-2H3,(H2,16,20)(H,17,19). The third kappa shape index (κ3) is 5.73. The van der Waals surface area contributed by atoms with Gasteiger partial charge in [-0.25, -0.2) is 4.79 Å². The predicted octanol–water partition coefficient (Wildman–Crippen LogP) is 2.37. The number of nitrogens with one attached hydrogen (secondary N) is 1. The van der Waals surface area contributed by atoms with Crippen LogP contribution in [0.5, 0.6) is 0 Å². The average Bonchev–Trinajstić information content (AvgIpc) is 2.40. The van der Waals surface area contributed by atoms with Gasteiger partial charge in [-0.1, -0.05) is 31.9 Å². The van der Waals surface area contributed by atoms with Crippen LogP contribution in [0.4, 0.5) is 10.5 Å². The van der Waals surface area contributed by atoms with E-state index in [1.165, 1.54) is 31.9 Å². The van der Waals surface area contributed by atoms with E-state index in [1.54, 1.807) is 0 Å². The number of carbonyl (C=O) groups excluding carboxylic acids is 2. The van der Waals surface area contributed by atoms with Gasteiger partial charge in [0.05, 0.1) is 0 Å². The number of urea groups is 1. The maximum atomic E-state index is 11.7. The first-order valence-electron chi connectivity index (χ1n) is 6.92. The Morgan fingerprint density at radius 2 is 1.85 bits per heavy atom. The molecule has 0 aromatic heterocycles. The van der Waals surface area contributed by atoms with E-state index in [9.17, 15) is 9.59 Å². The number of unbranched alkanes of at least 4 members (excludes halogenated alkanes) is 2. The summed E-state index contributed by atoms with van der Waals surface area (Å²) in [5.74, 6) is -0.259. The van der Waals surface area contributed by atoms with Crippen molar-refractivity contribution in [1.29, 1.82) is 0 Å². The molecule has 0 aliphatic rings. The molecule has 20 heavy (non-hydrogen) atoms.